The van der Waals surface area contributed by atoms with Crippen molar-refractivity contribution in [3.05, 3.63) is 58.3 Å². The quantitative estimate of drug-likeness (QED) is 0.557. The van der Waals surface area contributed by atoms with E-state index in [1.54, 1.807) is 42.2 Å². The van der Waals surface area contributed by atoms with Crippen LogP contribution < -0.4 is 9.62 Å². The van der Waals surface area contributed by atoms with Gasteiger partial charge in [0, 0.05) is 19.0 Å². The number of sulfonamides is 1. The Labute approximate surface area is 201 Å². The predicted octanol–water partition coefficient (Wildman–Crippen LogP) is 3.01. The van der Waals surface area contributed by atoms with Gasteiger partial charge in [-0.25, -0.2) is 27.0 Å². The monoisotopic (exact) mass is 506 g/mol. The van der Waals surface area contributed by atoms with Crippen LogP contribution in [-0.4, -0.2) is 43.5 Å². The SMILES string of the molecule is CCc1c(C#N)c(N2CCC(C(=O)NS(=O)(=O)Cc3ccccc3)CC2)nc(C(F)F)c1C(=O)O. The van der Waals surface area contributed by atoms with E-state index >= 15 is 0 Å². The van der Waals surface area contributed by atoms with Gasteiger partial charge in [0.25, 0.3) is 6.43 Å². The highest BCUT2D eigenvalue weighted by Gasteiger charge is 2.33. The molecule has 1 aliphatic heterocycles. The van der Waals surface area contributed by atoms with Gasteiger partial charge >= 0.3 is 5.97 Å². The van der Waals surface area contributed by atoms with E-state index < -0.39 is 45.5 Å². The number of nitrogens with one attached hydrogen (secondary N) is 1. The molecule has 0 unspecified atom stereocenters. The number of hydrogen-bond donors (Lipinski definition) is 2. The number of carbonyl (C=O) groups excluding carboxylic acids is 1. The maximum atomic E-state index is 13.6. The maximum absolute atomic E-state index is 13.6. The molecular formula is C23H24F2N4O5S. The first-order chi connectivity index (χ1) is 16.6. The molecule has 186 valence electrons. The lowest BCUT2D eigenvalue weighted by Crippen LogP contribution is -2.43. The molecule has 2 heterocycles. The van der Waals surface area contributed by atoms with Gasteiger partial charge in [-0.1, -0.05) is 37.3 Å². The second-order valence-corrected chi connectivity index (χ2v) is 9.82. The Bertz CT molecular complexity index is 1250. The fourth-order valence-corrected chi connectivity index (χ4v) is 5.33. The number of rotatable bonds is 8. The lowest BCUT2D eigenvalue weighted by Gasteiger charge is -2.33. The summed E-state index contributed by atoms with van der Waals surface area (Å²) in [7, 11) is -3.90. The summed E-state index contributed by atoms with van der Waals surface area (Å²) in [6, 6.07) is 10.3. The summed E-state index contributed by atoms with van der Waals surface area (Å²) in [4.78, 5) is 29.6. The molecule has 1 fully saturated rings. The number of pyridine rings is 1. The fourth-order valence-electron chi connectivity index (χ4n) is 4.16. The van der Waals surface area contributed by atoms with Crippen LogP contribution in [0.3, 0.4) is 0 Å². The van der Waals surface area contributed by atoms with Crippen LogP contribution in [0.15, 0.2) is 30.3 Å². The highest BCUT2D eigenvalue weighted by molar-refractivity contribution is 7.89. The lowest BCUT2D eigenvalue weighted by molar-refractivity contribution is -0.123. The zero-order chi connectivity index (χ0) is 25.8. The average molecular weight is 507 g/mol. The van der Waals surface area contributed by atoms with Gasteiger partial charge in [-0.15, -0.1) is 0 Å². The first-order valence-corrected chi connectivity index (χ1v) is 12.5. The van der Waals surface area contributed by atoms with Crippen LogP contribution >= 0.6 is 0 Å². The Morgan fingerprint density at radius 2 is 1.89 bits per heavy atom. The van der Waals surface area contributed by atoms with Gasteiger partial charge in [0.1, 0.15) is 17.6 Å². The molecule has 9 nitrogen and oxygen atoms in total. The molecule has 0 radical (unpaired) electrons. The molecule has 0 bridgehead atoms. The average Bonchev–Trinajstić information content (AvgIpc) is 2.82. The minimum Gasteiger partial charge on any atom is -0.478 e. The topological polar surface area (TPSA) is 140 Å². The largest absolute Gasteiger partial charge is 0.478 e. The minimum absolute atomic E-state index is 0.0211. The minimum atomic E-state index is -3.90. The molecule has 1 saturated heterocycles. The van der Waals surface area contributed by atoms with E-state index in [9.17, 15) is 37.2 Å². The van der Waals surface area contributed by atoms with Crippen LogP contribution in [0.4, 0.5) is 14.6 Å². The summed E-state index contributed by atoms with van der Waals surface area (Å²) < 4.78 is 54.1. The third kappa shape index (κ3) is 5.92. The zero-order valence-electron chi connectivity index (χ0n) is 18.9. The molecule has 0 saturated carbocycles. The summed E-state index contributed by atoms with van der Waals surface area (Å²) in [5.41, 5.74) is -1.16. The smallest absolute Gasteiger partial charge is 0.338 e. The van der Waals surface area contributed by atoms with Crippen LogP contribution in [0.5, 0.6) is 0 Å². The number of carboxylic acid groups (broad SMARTS) is 1. The number of nitriles is 1. The number of piperidine rings is 1. The van der Waals surface area contributed by atoms with Crippen LogP contribution in [0.1, 0.15) is 58.9 Å². The van der Waals surface area contributed by atoms with Gasteiger partial charge < -0.3 is 10.0 Å². The summed E-state index contributed by atoms with van der Waals surface area (Å²) >= 11 is 0. The summed E-state index contributed by atoms with van der Waals surface area (Å²) in [5, 5.41) is 19.1. The molecule has 1 aromatic heterocycles. The van der Waals surface area contributed by atoms with Gasteiger partial charge in [-0.05, 0) is 30.4 Å². The molecule has 1 aliphatic rings. The third-order valence-corrected chi connectivity index (χ3v) is 7.04. The summed E-state index contributed by atoms with van der Waals surface area (Å²) in [5.74, 6) is -3.28. The van der Waals surface area contributed by atoms with E-state index in [1.165, 1.54) is 0 Å². The van der Waals surface area contributed by atoms with Crippen LogP contribution in [0, 0.1) is 17.2 Å². The normalized spacial score (nSPS) is 14.5. The van der Waals surface area contributed by atoms with Gasteiger partial charge in [-0.2, -0.15) is 5.26 Å². The van der Waals surface area contributed by atoms with Gasteiger partial charge in [0.2, 0.25) is 15.9 Å². The van der Waals surface area contributed by atoms with Crippen molar-refractivity contribution in [1.82, 2.24) is 9.71 Å². The van der Waals surface area contributed by atoms with E-state index in [-0.39, 0.29) is 55.0 Å². The highest BCUT2D eigenvalue weighted by atomic mass is 32.2. The lowest BCUT2D eigenvalue weighted by atomic mass is 9.94. The second-order valence-electron chi connectivity index (χ2n) is 8.09. The second kappa shape index (κ2) is 10.8. The number of alkyl halides is 2. The van der Waals surface area contributed by atoms with Crippen LogP contribution in [0.2, 0.25) is 0 Å². The maximum Gasteiger partial charge on any atom is 0.338 e. The third-order valence-electron chi connectivity index (χ3n) is 5.82. The Morgan fingerprint density at radius 3 is 2.40 bits per heavy atom. The number of carboxylic acids is 1. The number of benzene rings is 1. The number of aromatic carboxylic acids is 1. The van der Waals surface area contributed by atoms with E-state index in [1.807, 2.05) is 6.07 Å². The van der Waals surface area contributed by atoms with E-state index in [4.69, 9.17) is 0 Å². The van der Waals surface area contributed by atoms with E-state index in [0.717, 1.165) is 0 Å². The molecular weight excluding hydrogens is 482 g/mol. The van der Waals surface area contributed by atoms with E-state index in [0.29, 0.717) is 5.56 Å². The first kappa shape index (κ1) is 26.0. The molecule has 12 heteroatoms. The Kier molecular flexibility index (Phi) is 8.01. The molecule has 2 aromatic rings. The van der Waals surface area contributed by atoms with Crippen LogP contribution in [0.25, 0.3) is 0 Å². The molecule has 2 N–H and O–H groups in total. The van der Waals surface area contributed by atoms with Crippen molar-refractivity contribution in [3.8, 4) is 6.07 Å². The first-order valence-electron chi connectivity index (χ1n) is 10.9. The number of halogens is 2. The Hall–Kier alpha value is -3.59. The number of aromatic nitrogens is 1. The van der Waals surface area contributed by atoms with Gasteiger partial charge in [0.05, 0.1) is 16.9 Å². The number of anilines is 1. The van der Waals surface area contributed by atoms with Crippen molar-refractivity contribution in [2.24, 2.45) is 5.92 Å². The van der Waals surface area contributed by atoms with Crippen molar-refractivity contribution in [3.63, 3.8) is 0 Å². The Balaban J connectivity index is 1.77. The zero-order valence-corrected chi connectivity index (χ0v) is 19.7. The highest BCUT2D eigenvalue weighted by Crippen LogP contribution is 2.34. The van der Waals surface area contributed by atoms with Gasteiger partial charge in [0.15, 0.2) is 0 Å². The number of carbonyl (C=O) groups is 2. The van der Waals surface area contributed by atoms with Crippen molar-refractivity contribution >= 4 is 27.7 Å². The van der Waals surface area contributed by atoms with Crippen LogP contribution in [-0.2, 0) is 27.0 Å². The molecule has 1 amide bonds. The molecule has 1 aromatic carbocycles. The molecule has 0 spiro atoms. The number of amides is 1. The summed E-state index contributed by atoms with van der Waals surface area (Å²) in [6.45, 7) is 1.86. The van der Waals surface area contributed by atoms with Crippen molar-refractivity contribution in [2.75, 3.05) is 18.0 Å². The molecule has 0 atom stereocenters. The molecule has 35 heavy (non-hydrogen) atoms. The number of hydrogen-bond acceptors (Lipinski definition) is 7. The molecule has 3 rings (SSSR count). The number of nitrogens with zero attached hydrogens (tertiary/aromatic N) is 3. The van der Waals surface area contributed by atoms with Crippen molar-refractivity contribution in [2.45, 2.75) is 38.4 Å². The standard InChI is InChI=1S/C23H24F2N4O5S/c1-2-16-17(12-26)21(27-19(20(24)25)18(16)23(31)32)29-10-8-15(9-11-29)22(30)28-35(33,34)13-14-6-4-3-5-7-14/h3-7,15,20H,2,8-11,13H2,1H3,(H,28,30)(H,31,32). The van der Waals surface area contributed by atoms with E-state index in [2.05, 4.69) is 9.71 Å². The molecule has 0 aliphatic carbocycles. The predicted molar refractivity (Wildman–Crippen MR) is 122 cm³/mol. The van der Waals surface area contributed by atoms with Crippen molar-refractivity contribution < 1.29 is 31.9 Å². The Morgan fingerprint density at radius 1 is 1.26 bits per heavy atom. The fraction of sp³-hybridized carbons (Fsp3) is 0.391. The van der Waals surface area contributed by atoms with Gasteiger partial charge in [-0.3, -0.25) is 9.52 Å². The van der Waals surface area contributed by atoms with Crippen molar-refractivity contribution in [1.29, 1.82) is 5.26 Å². The summed E-state index contributed by atoms with van der Waals surface area (Å²) in [6.07, 6.45) is -2.72.